The maximum Gasteiger partial charge on any atom is 0.326 e. The summed E-state index contributed by atoms with van der Waals surface area (Å²) in [7, 11) is 0. The third-order valence-electron chi connectivity index (χ3n) is 11.1. The van der Waals surface area contributed by atoms with Crippen molar-refractivity contribution in [3.8, 4) is 0 Å². The summed E-state index contributed by atoms with van der Waals surface area (Å²) < 4.78 is 0. The molecule has 0 aromatic rings. The summed E-state index contributed by atoms with van der Waals surface area (Å²) in [6, 6.07) is -12.3. The zero-order chi connectivity index (χ0) is 56.2. The van der Waals surface area contributed by atoms with E-state index in [0.717, 1.165) is 4.90 Å². The fourth-order valence-corrected chi connectivity index (χ4v) is 7.42. The van der Waals surface area contributed by atoms with Crippen LogP contribution in [-0.2, 0) is 62.3 Å². The molecular formula is C43H73N15O16. The fraction of sp³-hybridized carbons (Fsp3) is 0.674. The van der Waals surface area contributed by atoms with Crippen LogP contribution >= 0.6 is 0 Å². The van der Waals surface area contributed by atoms with Crippen LogP contribution < -0.4 is 71.6 Å². The maximum atomic E-state index is 14.2. The highest BCUT2D eigenvalue weighted by Gasteiger charge is 2.40. The molecule has 0 aromatic carbocycles. The number of hydrogen-bond acceptors (Lipinski definition) is 16. The average molecular weight is 1060 g/mol. The number of carboxylic acids is 3. The first-order valence-electron chi connectivity index (χ1n) is 23.8. The summed E-state index contributed by atoms with van der Waals surface area (Å²) in [5.74, 6) is -14.8. The SMILES string of the molecule is CC(C)C[C@H](N)C(=O)N[C@@H](CCC(N)=O)C(=O)N[C@@H](CCCCN)C(=O)N[C@@H](CC(=O)O)C(=O)N[C@@H](CCC(=O)O)C(=O)N1CCC[C@H]1C(=O)N[C@@H](CC(N)=O)C(=O)NCC(=O)N[C@@H](CCCN=C(N)N)C(=O)O. The molecule has 31 heteroatoms. The normalized spacial score (nSPS) is 15.8. The highest BCUT2D eigenvalue weighted by Crippen LogP contribution is 2.21. The van der Waals surface area contributed by atoms with Gasteiger partial charge in [0.1, 0.15) is 42.3 Å². The van der Waals surface area contributed by atoms with Gasteiger partial charge in [0.25, 0.3) is 0 Å². The second-order valence-electron chi connectivity index (χ2n) is 17.8. The number of carboxylic acid groups (broad SMARTS) is 3. The number of nitrogens with one attached hydrogen (secondary N) is 7. The van der Waals surface area contributed by atoms with E-state index in [2.05, 4.69) is 42.2 Å². The molecular weight excluding hydrogens is 983 g/mol. The number of carbonyl (C=O) groups excluding carboxylic acids is 10. The van der Waals surface area contributed by atoms with E-state index in [4.69, 9.17) is 34.4 Å². The van der Waals surface area contributed by atoms with Gasteiger partial charge in [0.2, 0.25) is 59.1 Å². The van der Waals surface area contributed by atoms with Crippen LogP contribution in [0, 0.1) is 5.92 Å². The van der Waals surface area contributed by atoms with Gasteiger partial charge in [0.15, 0.2) is 5.96 Å². The molecule has 1 saturated heterocycles. The van der Waals surface area contributed by atoms with Crippen molar-refractivity contribution in [2.75, 3.05) is 26.2 Å². The minimum absolute atomic E-state index is 0.00736. The summed E-state index contributed by atoms with van der Waals surface area (Å²) >= 11 is 0. The number of nitrogens with two attached hydrogens (primary N) is 6. The predicted molar refractivity (Wildman–Crippen MR) is 259 cm³/mol. The van der Waals surface area contributed by atoms with Gasteiger partial charge in [-0.15, -0.1) is 0 Å². The van der Waals surface area contributed by atoms with Crippen LogP contribution in [0.15, 0.2) is 4.99 Å². The van der Waals surface area contributed by atoms with Crippen molar-refractivity contribution in [2.24, 2.45) is 45.3 Å². The van der Waals surface area contributed by atoms with Gasteiger partial charge >= 0.3 is 17.9 Å². The van der Waals surface area contributed by atoms with E-state index >= 15 is 0 Å². The Kier molecular flexibility index (Phi) is 28.8. The van der Waals surface area contributed by atoms with Crippen molar-refractivity contribution < 1.29 is 77.6 Å². The van der Waals surface area contributed by atoms with Crippen LogP contribution in [0.5, 0.6) is 0 Å². The molecule has 10 amide bonds. The zero-order valence-electron chi connectivity index (χ0n) is 41.4. The number of primary amides is 2. The highest BCUT2D eigenvalue weighted by molar-refractivity contribution is 5.99. The van der Waals surface area contributed by atoms with Crippen molar-refractivity contribution in [1.82, 2.24) is 42.1 Å². The van der Waals surface area contributed by atoms with Crippen LogP contribution in [0.4, 0.5) is 0 Å². The van der Waals surface area contributed by atoms with Gasteiger partial charge in [0.05, 0.1) is 25.4 Å². The molecule has 22 N–H and O–H groups in total. The summed E-state index contributed by atoms with van der Waals surface area (Å²) in [5.41, 5.74) is 32.7. The molecule has 1 fully saturated rings. The molecule has 1 heterocycles. The number of aliphatic carboxylic acids is 3. The second kappa shape index (κ2) is 33.1. The molecule has 0 radical (unpaired) electrons. The zero-order valence-corrected chi connectivity index (χ0v) is 41.4. The minimum atomic E-state index is -1.98. The number of likely N-dealkylation sites (tertiary alicyclic amines) is 1. The molecule has 1 aliphatic rings. The Hall–Kier alpha value is -7.70. The quantitative estimate of drug-likeness (QED) is 0.0158. The van der Waals surface area contributed by atoms with Gasteiger partial charge in [-0.3, -0.25) is 62.5 Å². The summed E-state index contributed by atoms with van der Waals surface area (Å²) in [4.78, 5) is 172. The Morgan fingerprint density at radius 1 is 0.608 bits per heavy atom. The third-order valence-corrected chi connectivity index (χ3v) is 11.1. The van der Waals surface area contributed by atoms with E-state index < -0.39 is 158 Å². The number of amides is 10. The van der Waals surface area contributed by atoms with E-state index in [1.54, 1.807) is 0 Å². The number of hydrogen-bond donors (Lipinski definition) is 16. The van der Waals surface area contributed by atoms with Crippen LogP contribution in [0.3, 0.4) is 0 Å². The molecule has 0 bridgehead atoms. The number of unbranched alkanes of at least 4 members (excludes halogenated alkanes) is 1. The molecule has 8 atom stereocenters. The van der Waals surface area contributed by atoms with E-state index in [9.17, 15) is 77.6 Å². The molecule has 31 nitrogen and oxygen atoms in total. The molecule has 0 spiro atoms. The predicted octanol–water partition coefficient (Wildman–Crippen LogP) is -6.88. The average Bonchev–Trinajstić information content (AvgIpc) is 3.80. The smallest absolute Gasteiger partial charge is 0.326 e. The van der Waals surface area contributed by atoms with Gasteiger partial charge in [-0.2, -0.15) is 0 Å². The van der Waals surface area contributed by atoms with Gasteiger partial charge in [0, 0.05) is 25.9 Å². The number of guanidine groups is 1. The van der Waals surface area contributed by atoms with E-state index in [-0.39, 0.29) is 89.3 Å². The van der Waals surface area contributed by atoms with Crippen LogP contribution in [0.2, 0.25) is 0 Å². The standard InChI is InChI=1S/C43H73N15O16/c1-21(2)17-22(45)35(66)53-24(10-12-30(46)59)38(69)54-23(7-3-4-14-44)37(68)56-28(19-34(64)65)39(70)55-25(11-13-33(62)63)41(72)58-16-6-9-29(58)40(71)57-27(18-31(47)60)36(67)51-20-32(61)52-26(42(73)74)8-5-15-50-43(48)49/h21-29H,3-20,44-45H2,1-2H3,(H2,46,59)(H2,47,60)(H,51,67)(H,52,61)(H,53,66)(H,54,69)(H,55,70)(H,56,68)(H,57,71)(H,62,63)(H,64,65)(H,73,74)(H4,48,49,50)/t22-,23-,24-,25-,26-,27-,28-,29-/m0/s1. The van der Waals surface area contributed by atoms with Crippen molar-refractivity contribution >= 4 is 82.9 Å². The van der Waals surface area contributed by atoms with E-state index in [0.29, 0.717) is 6.42 Å². The Labute approximate surface area is 425 Å². The number of aliphatic imine (C=N–C) groups is 1. The molecule has 1 aliphatic heterocycles. The van der Waals surface area contributed by atoms with E-state index in [1.807, 2.05) is 13.8 Å². The summed E-state index contributed by atoms with van der Waals surface area (Å²) in [6.07, 6.45) is -3.14. The van der Waals surface area contributed by atoms with Crippen LogP contribution in [0.25, 0.3) is 0 Å². The monoisotopic (exact) mass is 1060 g/mol. The lowest BCUT2D eigenvalue weighted by molar-refractivity contribution is -0.144. The fourth-order valence-electron chi connectivity index (χ4n) is 7.42. The Morgan fingerprint density at radius 2 is 1.16 bits per heavy atom. The highest BCUT2D eigenvalue weighted by atomic mass is 16.4. The first-order chi connectivity index (χ1) is 34.7. The van der Waals surface area contributed by atoms with Gasteiger partial charge < -0.3 is 91.8 Å². The number of rotatable bonds is 36. The largest absolute Gasteiger partial charge is 0.481 e. The van der Waals surface area contributed by atoms with Crippen LogP contribution in [0.1, 0.15) is 104 Å². The molecule has 0 aromatic heterocycles. The maximum absolute atomic E-state index is 14.2. The number of carbonyl (C=O) groups is 13. The minimum Gasteiger partial charge on any atom is -0.481 e. The Morgan fingerprint density at radius 3 is 1.72 bits per heavy atom. The molecule has 0 unspecified atom stereocenters. The molecule has 0 aliphatic carbocycles. The van der Waals surface area contributed by atoms with Crippen molar-refractivity contribution in [2.45, 2.75) is 152 Å². The lowest BCUT2D eigenvalue weighted by Gasteiger charge is -2.30. The lowest BCUT2D eigenvalue weighted by atomic mass is 10.0. The molecule has 416 valence electrons. The van der Waals surface area contributed by atoms with Gasteiger partial charge in [-0.05, 0) is 76.7 Å². The summed E-state index contributed by atoms with van der Waals surface area (Å²) in [5, 5.41) is 44.9. The van der Waals surface area contributed by atoms with Crippen LogP contribution in [-0.4, -0.2) is 178 Å². The first-order valence-corrected chi connectivity index (χ1v) is 23.8. The molecule has 74 heavy (non-hydrogen) atoms. The van der Waals surface area contributed by atoms with Crippen molar-refractivity contribution in [3.05, 3.63) is 0 Å². The second-order valence-corrected chi connectivity index (χ2v) is 17.8. The van der Waals surface area contributed by atoms with Crippen molar-refractivity contribution in [1.29, 1.82) is 0 Å². The Bertz CT molecular complexity index is 2050. The van der Waals surface area contributed by atoms with Gasteiger partial charge in [-0.1, -0.05) is 13.8 Å². The van der Waals surface area contributed by atoms with Crippen molar-refractivity contribution in [3.63, 3.8) is 0 Å². The van der Waals surface area contributed by atoms with Gasteiger partial charge in [-0.25, -0.2) is 4.79 Å². The third kappa shape index (κ3) is 25.1. The number of nitrogens with zero attached hydrogens (tertiary/aromatic N) is 2. The lowest BCUT2D eigenvalue weighted by Crippen LogP contribution is -2.60. The summed E-state index contributed by atoms with van der Waals surface area (Å²) in [6.45, 7) is 2.86. The Balaban J connectivity index is 3.36. The van der Waals surface area contributed by atoms with E-state index in [1.165, 1.54) is 0 Å². The topological polar surface area (TPSA) is 539 Å². The first kappa shape index (κ1) is 64.3. The molecule has 0 saturated carbocycles. The molecule has 1 rings (SSSR count).